The number of rotatable bonds is 5. The van der Waals surface area contributed by atoms with Gasteiger partial charge < -0.3 is 39.4 Å². The molecule has 0 radical (unpaired) electrons. The fraction of sp³-hybridized carbons (Fsp3) is 0.812. The zero-order valence-electron chi connectivity index (χ0n) is 15.5. The van der Waals surface area contributed by atoms with E-state index < -0.39 is 73.2 Å². The van der Waals surface area contributed by atoms with Crippen LogP contribution in [-0.2, 0) is 38.1 Å². The number of carboxylic acids is 1. The summed E-state index contributed by atoms with van der Waals surface area (Å²) < 4.78 is 29.0. The van der Waals surface area contributed by atoms with Crippen molar-refractivity contribution in [1.82, 2.24) is 10.6 Å². The van der Waals surface area contributed by atoms with Crippen LogP contribution in [0.2, 0.25) is 0 Å². The van der Waals surface area contributed by atoms with Crippen LogP contribution in [0.4, 0.5) is 0 Å². The van der Waals surface area contributed by atoms with E-state index in [-0.39, 0.29) is 0 Å². The van der Waals surface area contributed by atoms with E-state index >= 15 is 0 Å². The van der Waals surface area contributed by atoms with Crippen LogP contribution in [0.15, 0.2) is 0 Å². The van der Waals surface area contributed by atoms with Crippen molar-refractivity contribution in [3.05, 3.63) is 0 Å². The molecule has 2 amide bonds. The van der Waals surface area contributed by atoms with Gasteiger partial charge in [-0.3, -0.25) is 14.4 Å². The van der Waals surface area contributed by atoms with Crippen LogP contribution in [0.5, 0.6) is 0 Å². The Morgan fingerprint density at radius 2 is 1.44 bits per heavy atom. The molecule has 5 atom stereocenters. The van der Waals surface area contributed by atoms with Crippen molar-refractivity contribution < 1.29 is 43.2 Å². The Balaban J connectivity index is 1.66. The van der Waals surface area contributed by atoms with Crippen molar-refractivity contribution in [3.8, 4) is 0 Å². The highest BCUT2D eigenvalue weighted by atomic mass is 16.9. The minimum absolute atomic E-state index is 0.398. The summed E-state index contributed by atoms with van der Waals surface area (Å²) in [7, 11) is 0. The molecule has 0 spiro atoms. The lowest BCUT2D eigenvalue weighted by atomic mass is 9.98. The third kappa shape index (κ3) is 4.38. The summed E-state index contributed by atoms with van der Waals surface area (Å²) >= 11 is 0. The average molecular weight is 388 g/mol. The van der Waals surface area contributed by atoms with Gasteiger partial charge in [0.2, 0.25) is 5.91 Å². The number of carbonyl (C=O) groups excluding carboxylic acids is 2. The predicted octanol–water partition coefficient (Wildman–Crippen LogP) is -1.30. The third-order valence-corrected chi connectivity index (χ3v) is 4.27. The number of fused-ring (bicyclic) bond motifs is 3. The van der Waals surface area contributed by atoms with E-state index in [1.807, 2.05) is 0 Å². The molecule has 3 aliphatic heterocycles. The SMILES string of the molecule is CC1(C)O[C@@H]2O[C@@H](C(=O)NCC(=O)NCC(=O)O)[C@H]3OC(C)(C)O[C@H]3[C@H]2O1. The zero-order valence-corrected chi connectivity index (χ0v) is 15.5. The summed E-state index contributed by atoms with van der Waals surface area (Å²) in [5, 5.41) is 13.1. The monoisotopic (exact) mass is 388 g/mol. The first-order valence-electron chi connectivity index (χ1n) is 8.60. The van der Waals surface area contributed by atoms with Gasteiger partial charge >= 0.3 is 5.97 Å². The van der Waals surface area contributed by atoms with E-state index in [1.165, 1.54) is 0 Å². The quantitative estimate of drug-likeness (QED) is 0.524. The number of nitrogens with one attached hydrogen (secondary N) is 2. The number of aliphatic carboxylic acids is 1. The molecule has 3 fully saturated rings. The van der Waals surface area contributed by atoms with Gasteiger partial charge in [0.1, 0.15) is 24.9 Å². The van der Waals surface area contributed by atoms with Crippen molar-refractivity contribution in [3.63, 3.8) is 0 Å². The third-order valence-electron chi connectivity index (χ3n) is 4.27. The molecule has 3 aliphatic rings. The number of hydrogen-bond acceptors (Lipinski definition) is 8. The molecule has 0 bridgehead atoms. The molecule has 3 rings (SSSR count). The van der Waals surface area contributed by atoms with Gasteiger partial charge in [0.05, 0.1) is 6.54 Å². The molecule has 0 saturated carbocycles. The number of amides is 2. The van der Waals surface area contributed by atoms with Crippen molar-refractivity contribution in [1.29, 1.82) is 0 Å². The van der Waals surface area contributed by atoms with E-state index in [4.69, 9.17) is 28.8 Å². The molecule has 0 aromatic carbocycles. The Morgan fingerprint density at radius 3 is 2.11 bits per heavy atom. The molecule has 3 N–H and O–H groups in total. The van der Waals surface area contributed by atoms with E-state index in [2.05, 4.69) is 10.6 Å². The highest BCUT2D eigenvalue weighted by molar-refractivity contribution is 5.88. The van der Waals surface area contributed by atoms with Gasteiger partial charge in [-0.1, -0.05) is 0 Å². The fourth-order valence-electron chi connectivity index (χ4n) is 3.33. The summed E-state index contributed by atoms with van der Waals surface area (Å²) in [6, 6.07) is 0. The van der Waals surface area contributed by atoms with Crippen LogP contribution in [0.1, 0.15) is 27.7 Å². The van der Waals surface area contributed by atoms with Crippen LogP contribution < -0.4 is 10.6 Å². The first-order valence-corrected chi connectivity index (χ1v) is 8.60. The van der Waals surface area contributed by atoms with Crippen molar-refractivity contribution in [2.24, 2.45) is 0 Å². The summed E-state index contributed by atoms with van der Waals surface area (Å²) in [5.74, 6) is -4.26. The van der Waals surface area contributed by atoms with E-state index in [1.54, 1.807) is 27.7 Å². The second-order valence-electron chi connectivity index (χ2n) is 7.48. The topological polar surface area (TPSA) is 142 Å². The maximum absolute atomic E-state index is 12.6. The second kappa shape index (κ2) is 6.99. The number of ether oxygens (including phenoxy) is 5. The Hall–Kier alpha value is -1.79. The highest BCUT2D eigenvalue weighted by Crippen LogP contribution is 2.44. The molecule has 0 aromatic rings. The first kappa shape index (κ1) is 20.0. The summed E-state index contributed by atoms with van der Waals surface area (Å²) in [6.45, 7) is 5.96. The maximum atomic E-state index is 12.6. The molecular formula is C16H24N2O9. The van der Waals surface area contributed by atoms with Crippen LogP contribution >= 0.6 is 0 Å². The van der Waals surface area contributed by atoms with Gasteiger partial charge in [0.25, 0.3) is 5.91 Å². The van der Waals surface area contributed by atoms with E-state index in [0.717, 1.165) is 0 Å². The van der Waals surface area contributed by atoms with Gasteiger partial charge in [-0.2, -0.15) is 0 Å². The Kier molecular flexibility index (Phi) is 5.16. The smallest absolute Gasteiger partial charge is 0.322 e. The van der Waals surface area contributed by atoms with Gasteiger partial charge in [-0.15, -0.1) is 0 Å². The molecule has 152 valence electrons. The molecule has 3 heterocycles. The van der Waals surface area contributed by atoms with Crippen molar-refractivity contribution >= 4 is 17.8 Å². The molecule has 11 heteroatoms. The molecule has 0 aliphatic carbocycles. The number of carbonyl (C=O) groups is 3. The fourth-order valence-corrected chi connectivity index (χ4v) is 3.33. The Morgan fingerprint density at radius 1 is 0.852 bits per heavy atom. The lowest BCUT2D eigenvalue weighted by molar-refractivity contribution is -0.231. The normalized spacial score (nSPS) is 35.8. The van der Waals surface area contributed by atoms with Gasteiger partial charge in [-0.05, 0) is 27.7 Å². The average Bonchev–Trinajstić information content (AvgIpc) is 3.03. The number of hydrogen-bond donors (Lipinski definition) is 3. The summed E-state index contributed by atoms with van der Waals surface area (Å²) in [5.41, 5.74) is 0. The number of carboxylic acid groups (broad SMARTS) is 1. The van der Waals surface area contributed by atoms with E-state index in [9.17, 15) is 14.4 Å². The lowest BCUT2D eigenvalue weighted by Crippen LogP contribution is -2.60. The molecular weight excluding hydrogens is 364 g/mol. The van der Waals surface area contributed by atoms with Crippen molar-refractivity contribution in [2.75, 3.05) is 13.1 Å². The first-order chi connectivity index (χ1) is 12.5. The van der Waals surface area contributed by atoms with Gasteiger partial charge in [0, 0.05) is 0 Å². The highest BCUT2D eigenvalue weighted by Gasteiger charge is 2.62. The minimum Gasteiger partial charge on any atom is -0.480 e. The standard InChI is InChI=1S/C16H24N2O9/c1-15(2)24-9-10(25-15)12-14(27-16(3,4)26-12)23-11(9)13(22)18-5-7(19)17-6-8(20)21/h9-12,14H,5-6H2,1-4H3,(H,17,19)(H,18,22)(H,20,21)/t9-,10+,11+,12+,14-/m0/s1. The van der Waals surface area contributed by atoms with E-state index in [0.29, 0.717) is 0 Å². The lowest BCUT2D eigenvalue weighted by Gasteiger charge is -2.36. The van der Waals surface area contributed by atoms with Gasteiger partial charge in [0.15, 0.2) is 24.0 Å². The van der Waals surface area contributed by atoms with Crippen LogP contribution in [-0.4, -0.2) is 78.3 Å². The van der Waals surface area contributed by atoms with Gasteiger partial charge in [-0.25, -0.2) is 0 Å². The van der Waals surface area contributed by atoms with Crippen molar-refractivity contribution in [2.45, 2.75) is 70.0 Å². The minimum atomic E-state index is -1.18. The predicted molar refractivity (Wildman–Crippen MR) is 86.2 cm³/mol. The summed E-state index contributed by atoms with van der Waals surface area (Å²) in [6.07, 6.45) is -3.80. The Labute approximate surface area is 155 Å². The second-order valence-corrected chi connectivity index (χ2v) is 7.48. The van der Waals surface area contributed by atoms with Crippen LogP contribution in [0, 0.1) is 0 Å². The molecule has 27 heavy (non-hydrogen) atoms. The molecule has 0 unspecified atom stereocenters. The zero-order chi connectivity index (χ0) is 20.0. The Bertz CT molecular complexity index is 635. The molecule has 3 saturated heterocycles. The van der Waals surface area contributed by atoms with Crippen LogP contribution in [0.25, 0.3) is 0 Å². The molecule has 11 nitrogen and oxygen atoms in total. The molecule has 0 aromatic heterocycles. The maximum Gasteiger partial charge on any atom is 0.322 e. The largest absolute Gasteiger partial charge is 0.480 e. The van der Waals surface area contributed by atoms with Crippen LogP contribution in [0.3, 0.4) is 0 Å². The summed E-state index contributed by atoms with van der Waals surface area (Å²) in [4.78, 5) is 34.6.